The van der Waals surface area contributed by atoms with E-state index >= 15 is 0 Å². The molecule has 1 saturated heterocycles. The zero-order valence-corrected chi connectivity index (χ0v) is 12.6. The molecule has 0 bridgehead atoms. The van der Waals surface area contributed by atoms with Crippen LogP contribution in [0.25, 0.3) is 0 Å². The molecule has 2 heterocycles. The summed E-state index contributed by atoms with van der Waals surface area (Å²) in [4.78, 5) is 13.8. The minimum atomic E-state index is -4.94. The van der Waals surface area contributed by atoms with E-state index in [0.717, 1.165) is 13.1 Å². The van der Waals surface area contributed by atoms with Crippen molar-refractivity contribution in [3.05, 3.63) is 0 Å². The first-order chi connectivity index (χ1) is 9.72. The van der Waals surface area contributed by atoms with Gasteiger partial charge in [-0.25, -0.2) is 18.6 Å². The molecule has 120 valence electrons. The molecule has 0 radical (unpaired) electrons. The summed E-state index contributed by atoms with van der Waals surface area (Å²) in [5.41, 5.74) is 0. The van der Waals surface area contributed by atoms with E-state index in [0.29, 0.717) is 23.9 Å². The molecule has 1 aromatic heterocycles. The molecule has 1 aliphatic heterocycles. The van der Waals surface area contributed by atoms with Crippen molar-refractivity contribution in [2.45, 2.75) is 13.3 Å². The summed E-state index contributed by atoms with van der Waals surface area (Å²) in [7, 11) is -1.86. The van der Waals surface area contributed by atoms with E-state index in [1.807, 2.05) is 0 Å². The van der Waals surface area contributed by atoms with E-state index in [1.54, 1.807) is 14.2 Å². The maximum atomic E-state index is 8.49. The van der Waals surface area contributed by atoms with Gasteiger partial charge in [0.15, 0.2) is 0 Å². The van der Waals surface area contributed by atoms with Crippen molar-refractivity contribution in [2.75, 3.05) is 27.3 Å². The van der Waals surface area contributed by atoms with Crippen LogP contribution in [0.2, 0.25) is 0 Å². The number of hydrogen-bond donors (Lipinski definition) is 1. The average molecular weight is 325 g/mol. The first kappa shape index (κ1) is 17.8. The van der Waals surface area contributed by atoms with Crippen molar-refractivity contribution in [3.8, 4) is 12.0 Å². The van der Waals surface area contributed by atoms with Crippen molar-refractivity contribution < 1.29 is 43.3 Å². The molecular weight excluding hydrogens is 308 g/mol. The van der Waals surface area contributed by atoms with Crippen LogP contribution >= 0.6 is 0 Å². The first-order valence-corrected chi connectivity index (χ1v) is 7.27. The molecule has 0 aromatic carbocycles. The number of methoxy groups -OCH3 is 2. The van der Waals surface area contributed by atoms with Crippen molar-refractivity contribution in [2.24, 2.45) is 5.92 Å². The number of nitrogens with one attached hydrogen (secondary N) is 1. The lowest BCUT2D eigenvalue weighted by Crippen LogP contribution is -3.05. The summed E-state index contributed by atoms with van der Waals surface area (Å²) in [6, 6.07) is 0.628. The van der Waals surface area contributed by atoms with E-state index in [2.05, 4.69) is 21.9 Å². The minimum Gasteiger partial charge on any atom is -0.466 e. The number of aromatic nitrogens is 3. The highest BCUT2D eigenvalue weighted by Gasteiger charge is 2.28. The van der Waals surface area contributed by atoms with Crippen LogP contribution in [0.15, 0.2) is 0 Å². The monoisotopic (exact) mass is 324 g/mol. The molecule has 2 rings (SSSR count). The molecule has 0 amide bonds. The second-order valence-electron chi connectivity index (χ2n) is 4.46. The largest absolute Gasteiger partial charge is 0.466 e. The highest BCUT2D eigenvalue weighted by Crippen LogP contribution is 2.11. The van der Waals surface area contributed by atoms with Gasteiger partial charge < -0.3 is 9.47 Å². The fourth-order valence-electron chi connectivity index (χ4n) is 1.93. The zero-order chi connectivity index (χ0) is 16.0. The quantitative estimate of drug-likeness (QED) is 0.574. The Kier molecular flexibility index (Phi) is 6.45. The van der Waals surface area contributed by atoms with Gasteiger partial charge in [0.2, 0.25) is 0 Å². The van der Waals surface area contributed by atoms with Crippen molar-refractivity contribution >= 4 is 5.95 Å². The maximum Gasteiger partial charge on any atom is 0.336 e. The number of hydrogen-bond acceptors (Lipinski definition) is 9. The summed E-state index contributed by atoms with van der Waals surface area (Å²) in [5, 5.41) is 0. The molecule has 0 spiro atoms. The summed E-state index contributed by atoms with van der Waals surface area (Å²) in [6.45, 7) is 4.34. The van der Waals surface area contributed by atoms with Gasteiger partial charge in [0, 0.05) is 12.3 Å². The number of ether oxygens (including phenoxy) is 2. The van der Waals surface area contributed by atoms with Gasteiger partial charge >= 0.3 is 18.0 Å². The highest BCUT2D eigenvalue weighted by molar-refractivity contribution is 5.13. The molecular formula is C10H17ClN4O6. The van der Waals surface area contributed by atoms with Crippen LogP contribution < -0.4 is 33.0 Å². The molecule has 11 heteroatoms. The zero-order valence-electron chi connectivity index (χ0n) is 11.9. The van der Waals surface area contributed by atoms with Crippen LogP contribution in [0, 0.1) is 16.2 Å². The van der Waals surface area contributed by atoms with E-state index < -0.39 is 10.2 Å². The van der Waals surface area contributed by atoms with Crippen molar-refractivity contribution in [1.29, 1.82) is 0 Å². The summed E-state index contributed by atoms with van der Waals surface area (Å²) in [6.07, 6.45) is 1.20. The van der Waals surface area contributed by atoms with Gasteiger partial charge in [-0.15, -0.1) is 25.2 Å². The lowest BCUT2D eigenvalue weighted by Gasteiger charge is -2.17. The Morgan fingerprint density at radius 2 is 1.52 bits per heavy atom. The van der Waals surface area contributed by atoms with Gasteiger partial charge in [-0.3, -0.25) is 4.90 Å². The lowest BCUT2D eigenvalue weighted by molar-refractivity contribution is -2.00. The SMILES string of the molecule is COc1nc(OC)nc([NH+]2CCC(C)C2)n1.[O-][Cl+3]([O-])([O-])[O-]. The van der Waals surface area contributed by atoms with Gasteiger partial charge in [0.1, 0.15) is 0 Å². The van der Waals surface area contributed by atoms with Crippen molar-refractivity contribution in [1.82, 2.24) is 15.0 Å². The summed E-state index contributed by atoms with van der Waals surface area (Å²) in [5.74, 6) is 1.43. The minimum absolute atomic E-state index is 0.314. The van der Waals surface area contributed by atoms with E-state index in [9.17, 15) is 0 Å². The molecule has 0 saturated carbocycles. The van der Waals surface area contributed by atoms with Crippen LogP contribution in [0.4, 0.5) is 5.95 Å². The Morgan fingerprint density at radius 1 is 1.05 bits per heavy atom. The first-order valence-electron chi connectivity index (χ1n) is 6.03. The predicted molar refractivity (Wildman–Crippen MR) is 57.1 cm³/mol. The topological polar surface area (TPSA) is 154 Å². The van der Waals surface area contributed by atoms with Crippen LogP contribution in [-0.4, -0.2) is 42.3 Å². The molecule has 1 aliphatic rings. The Labute approximate surface area is 123 Å². The molecule has 0 aliphatic carbocycles. The van der Waals surface area contributed by atoms with Crippen molar-refractivity contribution in [3.63, 3.8) is 0 Å². The van der Waals surface area contributed by atoms with Gasteiger partial charge in [-0.2, -0.15) is 0 Å². The molecule has 21 heavy (non-hydrogen) atoms. The summed E-state index contributed by atoms with van der Waals surface area (Å²) >= 11 is 0. The van der Waals surface area contributed by atoms with Crippen LogP contribution in [0.1, 0.15) is 13.3 Å². The fourth-order valence-corrected chi connectivity index (χ4v) is 1.93. The summed E-state index contributed by atoms with van der Waals surface area (Å²) < 4.78 is 44.0. The maximum absolute atomic E-state index is 8.49. The molecule has 1 fully saturated rings. The predicted octanol–water partition coefficient (Wildman–Crippen LogP) is -5.31. The molecule has 2 unspecified atom stereocenters. The average Bonchev–Trinajstić information content (AvgIpc) is 2.83. The van der Waals surface area contributed by atoms with E-state index in [4.69, 9.17) is 28.1 Å². The number of nitrogens with zero attached hydrogens (tertiary/aromatic N) is 3. The number of quaternary nitrogens is 1. The second-order valence-corrected chi connectivity index (χ2v) is 5.22. The van der Waals surface area contributed by atoms with Crippen LogP contribution in [-0.2, 0) is 0 Å². The van der Waals surface area contributed by atoms with E-state index in [-0.39, 0.29) is 0 Å². The van der Waals surface area contributed by atoms with Crippen LogP contribution in [0.5, 0.6) is 12.0 Å². The van der Waals surface area contributed by atoms with Gasteiger partial charge in [0.25, 0.3) is 0 Å². The van der Waals surface area contributed by atoms with Gasteiger partial charge in [-0.1, -0.05) is 6.92 Å². The third-order valence-corrected chi connectivity index (χ3v) is 2.81. The smallest absolute Gasteiger partial charge is 0.336 e. The Morgan fingerprint density at radius 3 is 1.86 bits per heavy atom. The lowest BCUT2D eigenvalue weighted by atomic mass is 10.2. The normalized spacial score (nSPS) is 21.5. The molecule has 1 N–H and O–H groups in total. The van der Waals surface area contributed by atoms with Crippen LogP contribution in [0.3, 0.4) is 0 Å². The highest BCUT2D eigenvalue weighted by atomic mass is 35.7. The third kappa shape index (κ3) is 6.80. The standard InChI is InChI=1S/C10H16N4O2.ClHO4/c1-7-4-5-14(6-7)8-11-9(15-2)13-10(12-8)16-3;2-1(3,4)5/h7H,4-6H2,1-3H3;(H,2,3,4,5). The Balaban J connectivity index is 0.000000383. The third-order valence-electron chi connectivity index (χ3n) is 2.81. The Hall–Kier alpha value is -1.30. The molecule has 1 aromatic rings. The molecule has 2 atom stereocenters. The van der Waals surface area contributed by atoms with Gasteiger partial charge in [0.05, 0.1) is 27.3 Å². The van der Waals surface area contributed by atoms with E-state index in [1.165, 1.54) is 11.3 Å². The van der Waals surface area contributed by atoms with Gasteiger partial charge in [-0.05, 0) is 0 Å². The number of rotatable bonds is 3. The fraction of sp³-hybridized carbons (Fsp3) is 0.700. The number of halogens is 1. The second kappa shape index (κ2) is 7.64. The molecule has 10 nitrogen and oxygen atoms in total. The Bertz CT molecular complexity index is 429.